The molecule has 0 bridgehead atoms. The SMILES string of the molecule is Nc1nccc2ccc(-c3ccc4c(c3)c(COc3ccccc3CC(=O)O)nn4[C@@H]3CCOC3)cc12. The predicted molar refractivity (Wildman–Crippen MR) is 141 cm³/mol. The number of nitrogens with zero attached hydrogens (tertiary/aromatic N) is 3. The van der Waals surface area contributed by atoms with Crippen molar-refractivity contribution in [3.8, 4) is 16.9 Å². The standard InChI is InChI=1S/C29H26N4O4/c30-29-23-13-19(6-5-18(23)9-11-31-29)20-7-8-26-24(14-20)25(32-33(26)22-10-12-36-16-22)17-37-27-4-2-1-3-21(27)15-28(34)35/h1-9,11,13-14,22H,10,12,15-17H2,(H2,30,31)(H,34,35)/t22-/m1/s1. The minimum absolute atomic E-state index is 0.102. The van der Waals surface area contributed by atoms with Gasteiger partial charge in [0.05, 0.1) is 24.6 Å². The Labute approximate surface area is 213 Å². The zero-order valence-electron chi connectivity index (χ0n) is 20.1. The lowest BCUT2D eigenvalue weighted by atomic mass is 10.00. The summed E-state index contributed by atoms with van der Waals surface area (Å²) in [5.41, 5.74) is 10.6. The summed E-state index contributed by atoms with van der Waals surface area (Å²) in [4.78, 5) is 15.5. The van der Waals surface area contributed by atoms with Crippen LogP contribution in [-0.2, 0) is 22.6 Å². The van der Waals surface area contributed by atoms with E-state index in [2.05, 4.69) is 41.4 Å². The second kappa shape index (κ2) is 9.55. The predicted octanol–water partition coefficient (Wildman–Crippen LogP) is 5.00. The number of ether oxygens (including phenoxy) is 2. The zero-order chi connectivity index (χ0) is 25.4. The van der Waals surface area contributed by atoms with Gasteiger partial charge in [-0.2, -0.15) is 5.10 Å². The summed E-state index contributed by atoms with van der Waals surface area (Å²) in [5.74, 6) is 0.150. The molecule has 2 aromatic heterocycles. The number of hydrogen-bond acceptors (Lipinski definition) is 6. The summed E-state index contributed by atoms with van der Waals surface area (Å²) in [5, 5.41) is 17.2. The van der Waals surface area contributed by atoms with Gasteiger partial charge in [-0.05, 0) is 53.3 Å². The van der Waals surface area contributed by atoms with Gasteiger partial charge in [0.1, 0.15) is 23.9 Å². The Balaban J connectivity index is 1.40. The Morgan fingerprint density at radius 1 is 1.08 bits per heavy atom. The molecule has 0 saturated carbocycles. The second-order valence-electron chi connectivity index (χ2n) is 9.24. The van der Waals surface area contributed by atoms with Gasteiger partial charge in [-0.15, -0.1) is 0 Å². The molecule has 1 aliphatic heterocycles. The van der Waals surface area contributed by atoms with E-state index >= 15 is 0 Å². The first-order valence-electron chi connectivity index (χ1n) is 12.2. The Morgan fingerprint density at radius 2 is 1.89 bits per heavy atom. The molecular weight excluding hydrogens is 468 g/mol. The highest BCUT2D eigenvalue weighted by Crippen LogP contribution is 2.33. The third-order valence-corrected chi connectivity index (χ3v) is 6.84. The molecule has 3 aromatic carbocycles. The van der Waals surface area contributed by atoms with Crippen LogP contribution in [-0.4, -0.2) is 39.1 Å². The number of anilines is 1. The molecule has 0 spiro atoms. The van der Waals surface area contributed by atoms with Crippen molar-refractivity contribution in [2.24, 2.45) is 0 Å². The first-order valence-corrected chi connectivity index (χ1v) is 12.2. The summed E-state index contributed by atoms with van der Waals surface area (Å²) in [6.07, 6.45) is 2.51. The Hall–Kier alpha value is -4.43. The topological polar surface area (TPSA) is 112 Å². The maximum atomic E-state index is 11.3. The van der Waals surface area contributed by atoms with Crippen molar-refractivity contribution in [2.45, 2.75) is 25.5 Å². The quantitative estimate of drug-likeness (QED) is 0.327. The van der Waals surface area contributed by atoms with Crippen LogP contribution in [0, 0.1) is 0 Å². The summed E-state index contributed by atoms with van der Waals surface area (Å²) in [6.45, 7) is 1.55. The second-order valence-corrected chi connectivity index (χ2v) is 9.24. The van der Waals surface area contributed by atoms with E-state index in [1.54, 1.807) is 18.3 Å². The normalized spacial score (nSPS) is 15.4. The van der Waals surface area contributed by atoms with Gasteiger partial charge in [-0.3, -0.25) is 9.48 Å². The fourth-order valence-corrected chi connectivity index (χ4v) is 4.95. The van der Waals surface area contributed by atoms with E-state index in [1.807, 2.05) is 22.9 Å². The van der Waals surface area contributed by atoms with Crippen LogP contribution in [0.3, 0.4) is 0 Å². The molecule has 0 amide bonds. The van der Waals surface area contributed by atoms with Gasteiger partial charge in [0, 0.05) is 29.1 Å². The monoisotopic (exact) mass is 494 g/mol. The highest BCUT2D eigenvalue weighted by Gasteiger charge is 2.23. The number of benzene rings is 3. The number of aromatic nitrogens is 3. The molecule has 37 heavy (non-hydrogen) atoms. The van der Waals surface area contributed by atoms with Crippen molar-refractivity contribution in [3.05, 3.63) is 84.2 Å². The fourth-order valence-electron chi connectivity index (χ4n) is 4.95. The molecule has 1 saturated heterocycles. The molecule has 3 heterocycles. The molecule has 0 radical (unpaired) electrons. The van der Waals surface area contributed by atoms with E-state index in [0.717, 1.165) is 44.9 Å². The maximum absolute atomic E-state index is 11.3. The molecule has 8 heteroatoms. The molecule has 186 valence electrons. The van der Waals surface area contributed by atoms with Crippen LogP contribution in [0.4, 0.5) is 5.82 Å². The number of pyridine rings is 1. The van der Waals surface area contributed by atoms with Crippen LogP contribution in [0.15, 0.2) is 72.9 Å². The maximum Gasteiger partial charge on any atom is 0.307 e. The van der Waals surface area contributed by atoms with Crippen LogP contribution in [0.2, 0.25) is 0 Å². The number of aliphatic carboxylic acids is 1. The smallest absolute Gasteiger partial charge is 0.307 e. The first kappa shape index (κ1) is 23.0. The molecule has 8 nitrogen and oxygen atoms in total. The van der Waals surface area contributed by atoms with Crippen molar-refractivity contribution in [2.75, 3.05) is 18.9 Å². The average Bonchev–Trinajstić information content (AvgIpc) is 3.56. The number of nitrogen functional groups attached to an aromatic ring is 1. The molecule has 0 aliphatic carbocycles. The summed E-state index contributed by atoms with van der Waals surface area (Å²) < 4.78 is 13.8. The van der Waals surface area contributed by atoms with Crippen molar-refractivity contribution in [3.63, 3.8) is 0 Å². The summed E-state index contributed by atoms with van der Waals surface area (Å²) >= 11 is 0. The van der Waals surface area contributed by atoms with E-state index in [0.29, 0.717) is 30.3 Å². The van der Waals surface area contributed by atoms with Crippen LogP contribution < -0.4 is 10.5 Å². The lowest BCUT2D eigenvalue weighted by molar-refractivity contribution is -0.136. The van der Waals surface area contributed by atoms with Crippen molar-refractivity contribution in [1.82, 2.24) is 14.8 Å². The van der Waals surface area contributed by atoms with Crippen LogP contribution in [0.25, 0.3) is 32.8 Å². The Bertz CT molecular complexity index is 1620. The number of rotatable bonds is 7. The highest BCUT2D eigenvalue weighted by atomic mass is 16.5. The molecular formula is C29H26N4O4. The van der Waals surface area contributed by atoms with E-state index in [9.17, 15) is 9.90 Å². The van der Waals surface area contributed by atoms with Gasteiger partial charge in [-0.25, -0.2) is 4.98 Å². The lowest BCUT2D eigenvalue weighted by Gasteiger charge is -2.10. The number of hydrogen-bond donors (Lipinski definition) is 2. The van der Waals surface area contributed by atoms with E-state index < -0.39 is 5.97 Å². The van der Waals surface area contributed by atoms with E-state index in [4.69, 9.17) is 20.3 Å². The summed E-state index contributed by atoms with van der Waals surface area (Å²) in [6, 6.07) is 21.8. The van der Waals surface area contributed by atoms with Gasteiger partial charge in [0.15, 0.2) is 0 Å². The zero-order valence-corrected chi connectivity index (χ0v) is 20.1. The highest BCUT2D eigenvalue weighted by molar-refractivity contribution is 5.95. The van der Waals surface area contributed by atoms with E-state index in [1.165, 1.54) is 0 Å². The number of carbonyl (C=O) groups is 1. The lowest BCUT2D eigenvalue weighted by Crippen LogP contribution is -2.11. The minimum Gasteiger partial charge on any atom is -0.487 e. The summed E-state index contributed by atoms with van der Waals surface area (Å²) in [7, 11) is 0. The number of fused-ring (bicyclic) bond motifs is 2. The number of para-hydroxylation sites is 1. The van der Waals surface area contributed by atoms with Gasteiger partial charge in [0.25, 0.3) is 0 Å². The molecule has 0 unspecified atom stereocenters. The van der Waals surface area contributed by atoms with Crippen molar-refractivity contribution >= 4 is 33.5 Å². The first-order chi connectivity index (χ1) is 18.1. The van der Waals surface area contributed by atoms with Crippen molar-refractivity contribution in [1.29, 1.82) is 0 Å². The minimum atomic E-state index is -0.900. The number of carboxylic acids is 1. The Morgan fingerprint density at radius 3 is 2.70 bits per heavy atom. The van der Waals surface area contributed by atoms with Gasteiger partial charge >= 0.3 is 5.97 Å². The van der Waals surface area contributed by atoms with Gasteiger partial charge in [-0.1, -0.05) is 36.4 Å². The number of nitrogens with two attached hydrogens (primary N) is 1. The number of carboxylic acid groups (broad SMARTS) is 1. The fraction of sp³-hybridized carbons (Fsp3) is 0.207. The molecule has 1 atom stereocenters. The third-order valence-electron chi connectivity index (χ3n) is 6.84. The van der Waals surface area contributed by atoms with E-state index in [-0.39, 0.29) is 19.1 Å². The molecule has 1 fully saturated rings. The van der Waals surface area contributed by atoms with Crippen LogP contribution in [0.1, 0.15) is 23.7 Å². The molecule has 5 aromatic rings. The average molecular weight is 495 g/mol. The molecule has 1 aliphatic rings. The van der Waals surface area contributed by atoms with Crippen molar-refractivity contribution < 1.29 is 19.4 Å². The Kier molecular flexibility index (Phi) is 5.94. The van der Waals surface area contributed by atoms with Gasteiger partial charge in [0.2, 0.25) is 0 Å². The molecule has 3 N–H and O–H groups in total. The largest absolute Gasteiger partial charge is 0.487 e. The third kappa shape index (κ3) is 4.47. The van der Waals surface area contributed by atoms with Crippen LogP contribution >= 0.6 is 0 Å². The van der Waals surface area contributed by atoms with Gasteiger partial charge < -0.3 is 20.3 Å². The van der Waals surface area contributed by atoms with Crippen LogP contribution in [0.5, 0.6) is 5.75 Å². The molecule has 6 rings (SSSR count).